The van der Waals surface area contributed by atoms with Gasteiger partial charge in [-0.05, 0) is 48.1 Å². The van der Waals surface area contributed by atoms with Gasteiger partial charge < -0.3 is 0 Å². The van der Waals surface area contributed by atoms with Crippen molar-refractivity contribution in [3.63, 3.8) is 0 Å². The lowest BCUT2D eigenvalue weighted by molar-refractivity contribution is 0.145. The van der Waals surface area contributed by atoms with Gasteiger partial charge in [-0.15, -0.1) is 0 Å². The van der Waals surface area contributed by atoms with Gasteiger partial charge in [0.25, 0.3) is 0 Å². The molecule has 2 saturated carbocycles. The number of hydrogen-bond acceptors (Lipinski definition) is 2. The van der Waals surface area contributed by atoms with E-state index in [2.05, 4.69) is 36.6 Å². The van der Waals surface area contributed by atoms with E-state index in [9.17, 15) is 0 Å². The van der Waals surface area contributed by atoms with Crippen molar-refractivity contribution in [1.29, 1.82) is 0 Å². The number of hydrazine groups is 1. The summed E-state index contributed by atoms with van der Waals surface area (Å²) in [5, 5.41) is 0. The molecule has 1 unspecified atom stereocenters. The van der Waals surface area contributed by atoms with E-state index >= 15 is 0 Å². The molecule has 20 heavy (non-hydrogen) atoms. The predicted octanol–water partition coefficient (Wildman–Crippen LogP) is 4.43. The third kappa shape index (κ3) is 2.64. The summed E-state index contributed by atoms with van der Waals surface area (Å²) in [7, 11) is 0. The highest BCUT2D eigenvalue weighted by Gasteiger charge is 2.36. The van der Waals surface area contributed by atoms with E-state index in [1.54, 1.807) is 0 Å². The molecule has 1 aromatic rings. The molecule has 0 heterocycles. The third-order valence-electron chi connectivity index (χ3n) is 5.68. The zero-order valence-electron chi connectivity index (χ0n) is 12.7. The van der Waals surface area contributed by atoms with Crippen LogP contribution in [0, 0.1) is 5.41 Å². The van der Waals surface area contributed by atoms with E-state index in [-0.39, 0.29) is 0 Å². The molecular formula is C18H28N2. The summed E-state index contributed by atoms with van der Waals surface area (Å²) < 4.78 is 0. The molecule has 2 nitrogen and oxygen atoms in total. The van der Waals surface area contributed by atoms with Crippen molar-refractivity contribution in [1.82, 2.24) is 5.43 Å². The van der Waals surface area contributed by atoms with Crippen LogP contribution in [-0.4, -0.2) is 0 Å². The van der Waals surface area contributed by atoms with Gasteiger partial charge in [-0.2, -0.15) is 0 Å². The Morgan fingerprint density at radius 3 is 2.50 bits per heavy atom. The summed E-state index contributed by atoms with van der Waals surface area (Å²) >= 11 is 0. The van der Waals surface area contributed by atoms with Crippen LogP contribution < -0.4 is 11.3 Å². The Balaban J connectivity index is 1.84. The summed E-state index contributed by atoms with van der Waals surface area (Å²) in [5.74, 6) is 6.74. The number of nitrogens with two attached hydrogens (primary N) is 1. The van der Waals surface area contributed by atoms with Crippen LogP contribution >= 0.6 is 0 Å². The maximum atomic E-state index is 5.94. The fourth-order valence-corrected chi connectivity index (χ4v) is 4.08. The van der Waals surface area contributed by atoms with Crippen LogP contribution in [0.25, 0.3) is 0 Å². The standard InChI is InChI=1S/C18H28N2/c1-18(11-3-2-4-12-18)17(20-19)16-10-6-9-15(13-16)14-7-5-8-14/h6,9-10,13-14,17,20H,2-5,7-8,11-12,19H2,1H3. The maximum absolute atomic E-state index is 5.94. The second kappa shape index (κ2) is 5.87. The van der Waals surface area contributed by atoms with Crippen molar-refractivity contribution in [3.8, 4) is 0 Å². The molecule has 0 radical (unpaired) electrons. The zero-order valence-corrected chi connectivity index (χ0v) is 12.7. The first kappa shape index (κ1) is 14.1. The molecule has 110 valence electrons. The average molecular weight is 272 g/mol. The molecule has 0 amide bonds. The number of hydrogen-bond donors (Lipinski definition) is 2. The van der Waals surface area contributed by atoms with E-state index in [0.29, 0.717) is 11.5 Å². The van der Waals surface area contributed by atoms with E-state index in [0.717, 1.165) is 5.92 Å². The van der Waals surface area contributed by atoms with E-state index in [1.807, 2.05) is 0 Å². The maximum Gasteiger partial charge on any atom is 0.0513 e. The summed E-state index contributed by atoms with van der Waals surface area (Å²) in [4.78, 5) is 0. The Labute approximate surface area is 123 Å². The predicted molar refractivity (Wildman–Crippen MR) is 84.3 cm³/mol. The Bertz CT molecular complexity index is 444. The van der Waals surface area contributed by atoms with Crippen LogP contribution in [0.5, 0.6) is 0 Å². The van der Waals surface area contributed by atoms with Crippen LogP contribution in [0.15, 0.2) is 24.3 Å². The highest BCUT2D eigenvalue weighted by atomic mass is 15.2. The Morgan fingerprint density at radius 2 is 1.90 bits per heavy atom. The van der Waals surface area contributed by atoms with Crippen molar-refractivity contribution in [2.75, 3.05) is 0 Å². The van der Waals surface area contributed by atoms with Crippen LogP contribution in [0.3, 0.4) is 0 Å². The number of benzene rings is 1. The van der Waals surface area contributed by atoms with E-state index < -0.39 is 0 Å². The summed E-state index contributed by atoms with van der Waals surface area (Å²) in [6.45, 7) is 2.41. The average Bonchev–Trinajstić information content (AvgIpc) is 2.38. The highest BCUT2D eigenvalue weighted by molar-refractivity contribution is 5.30. The van der Waals surface area contributed by atoms with Crippen LogP contribution in [0.1, 0.15) is 81.4 Å². The lowest BCUT2D eigenvalue weighted by atomic mass is 9.68. The molecule has 2 aliphatic rings. The molecule has 0 bridgehead atoms. The fourth-order valence-electron chi connectivity index (χ4n) is 4.08. The smallest absolute Gasteiger partial charge is 0.0513 e. The van der Waals surface area contributed by atoms with Crippen molar-refractivity contribution in [3.05, 3.63) is 35.4 Å². The number of nitrogens with one attached hydrogen (secondary N) is 1. The van der Waals surface area contributed by atoms with Crippen LogP contribution in [0.2, 0.25) is 0 Å². The largest absolute Gasteiger partial charge is 0.271 e. The van der Waals surface area contributed by atoms with Gasteiger partial charge in [-0.1, -0.05) is 56.9 Å². The quantitative estimate of drug-likeness (QED) is 0.628. The van der Waals surface area contributed by atoms with Crippen molar-refractivity contribution in [2.45, 2.75) is 70.3 Å². The van der Waals surface area contributed by atoms with Crippen molar-refractivity contribution >= 4 is 0 Å². The lowest BCUT2D eigenvalue weighted by Gasteiger charge is -2.41. The zero-order chi connectivity index (χ0) is 14.0. The SMILES string of the molecule is CC1(C(NN)c2cccc(C3CCC3)c2)CCCCC1. The highest BCUT2D eigenvalue weighted by Crippen LogP contribution is 2.46. The van der Waals surface area contributed by atoms with Crippen molar-refractivity contribution < 1.29 is 0 Å². The van der Waals surface area contributed by atoms with Crippen LogP contribution in [-0.2, 0) is 0 Å². The molecule has 1 aromatic carbocycles. The van der Waals surface area contributed by atoms with E-state index in [1.165, 1.54) is 62.5 Å². The second-order valence-corrected chi connectivity index (χ2v) is 7.11. The molecule has 0 aromatic heterocycles. The molecule has 2 fully saturated rings. The molecule has 2 heteroatoms. The van der Waals surface area contributed by atoms with Crippen LogP contribution in [0.4, 0.5) is 0 Å². The van der Waals surface area contributed by atoms with Gasteiger partial charge in [0.15, 0.2) is 0 Å². The fraction of sp³-hybridized carbons (Fsp3) is 0.667. The Morgan fingerprint density at radius 1 is 1.15 bits per heavy atom. The molecule has 0 saturated heterocycles. The first-order valence-corrected chi connectivity index (χ1v) is 8.29. The molecule has 3 N–H and O–H groups in total. The Hall–Kier alpha value is -0.860. The van der Waals surface area contributed by atoms with Gasteiger partial charge >= 0.3 is 0 Å². The summed E-state index contributed by atoms with van der Waals surface area (Å²) in [6.07, 6.45) is 10.8. The molecule has 0 aliphatic heterocycles. The van der Waals surface area contributed by atoms with Gasteiger partial charge in [0.1, 0.15) is 0 Å². The molecule has 3 rings (SSSR count). The van der Waals surface area contributed by atoms with Crippen molar-refractivity contribution in [2.24, 2.45) is 11.3 Å². The minimum Gasteiger partial charge on any atom is -0.271 e. The monoisotopic (exact) mass is 272 g/mol. The first-order valence-electron chi connectivity index (χ1n) is 8.29. The first-order chi connectivity index (χ1) is 9.73. The Kier molecular flexibility index (Phi) is 4.13. The van der Waals surface area contributed by atoms with Gasteiger partial charge in [0, 0.05) is 0 Å². The number of rotatable bonds is 4. The molecule has 1 atom stereocenters. The second-order valence-electron chi connectivity index (χ2n) is 7.11. The third-order valence-corrected chi connectivity index (χ3v) is 5.68. The normalized spacial score (nSPS) is 24.1. The topological polar surface area (TPSA) is 38.0 Å². The molecular weight excluding hydrogens is 244 g/mol. The van der Waals surface area contributed by atoms with Gasteiger partial charge in [-0.25, -0.2) is 0 Å². The van der Waals surface area contributed by atoms with E-state index in [4.69, 9.17) is 5.84 Å². The minimum absolute atomic E-state index is 0.294. The summed E-state index contributed by atoms with van der Waals surface area (Å²) in [6, 6.07) is 9.48. The lowest BCUT2D eigenvalue weighted by Crippen LogP contribution is -2.41. The summed E-state index contributed by atoms with van der Waals surface area (Å²) in [5.41, 5.74) is 6.35. The molecule has 2 aliphatic carbocycles. The van der Waals surface area contributed by atoms with Gasteiger partial charge in [0.2, 0.25) is 0 Å². The van der Waals surface area contributed by atoms with Gasteiger partial charge in [0.05, 0.1) is 6.04 Å². The molecule has 0 spiro atoms. The minimum atomic E-state index is 0.294. The van der Waals surface area contributed by atoms with Gasteiger partial charge in [-0.3, -0.25) is 11.3 Å².